The largest absolute Gasteiger partial charge is 0.364 e. The lowest BCUT2D eigenvalue weighted by Crippen LogP contribution is -2.27. The Labute approximate surface area is 91.2 Å². The summed E-state index contributed by atoms with van der Waals surface area (Å²) < 4.78 is 4.79. The minimum atomic E-state index is 0.588. The van der Waals surface area contributed by atoms with E-state index in [1.54, 1.807) is 6.26 Å². The highest BCUT2D eigenvalue weighted by Gasteiger charge is 2.17. The number of rotatable bonds is 5. The molecule has 3 nitrogen and oxygen atoms in total. The van der Waals surface area contributed by atoms with Crippen molar-refractivity contribution in [1.82, 2.24) is 10.5 Å². The maximum Gasteiger partial charge on any atom is 0.124 e. The maximum absolute atomic E-state index is 4.79. The van der Waals surface area contributed by atoms with Gasteiger partial charge in [-0.05, 0) is 19.3 Å². The second-order valence-electron chi connectivity index (χ2n) is 4.66. The lowest BCUT2D eigenvalue weighted by molar-refractivity contribution is 0.385. The van der Waals surface area contributed by atoms with E-state index in [0.29, 0.717) is 6.04 Å². The van der Waals surface area contributed by atoms with E-state index in [0.717, 1.165) is 18.2 Å². The third kappa shape index (κ3) is 3.34. The van der Waals surface area contributed by atoms with Crippen LogP contribution in [0.3, 0.4) is 0 Å². The Balaban J connectivity index is 1.66. The number of hydrogen-bond donors (Lipinski definition) is 1. The first-order valence-electron chi connectivity index (χ1n) is 5.97. The van der Waals surface area contributed by atoms with Gasteiger partial charge in [0.05, 0.1) is 5.69 Å². The maximum atomic E-state index is 4.79. The molecule has 0 saturated heterocycles. The third-order valence-electron chi connectivity index (χ3n) is 3.28. The summed E-state index contributed by atoms with van der Waals surface area (Å²) in [6, 6.07) is 2.50. The average Bonchev–Trinajstić information content (AvgIpc) is 2.86. The molecule has 84 valence electrons. The van der Waals surface area contributed by atoms with Crippen LogP contribution in [0.4, 0.5) is 0 Å². The molecule has 1 unspecified atom stereocenters. The van der Waals surface area contributed by atoms with Crippen molar-refractivity contribution in [2.45, 2.75) is 51.6 Å². The second-order valence-corrected chi connectivity index (χ2v) is 4.66. The first kappa shape index (κ1) is 10.7. The van der Waals surface area contributed by atoms with Crippen LogP contribution in [-0.2, 0) is 6.54 Å². The van der Waals surface area contributed by atoms with Crippen molar-refractivity contribution in [3.8, 4) is 0 Å². The van der Waals surface area contributed by atoms with Gasteiger partial charge < -0.3 is 9.84 Å². The van der Waals surface area contributed by atoms with E-state index in [9.17, 15) is 0 Å². The Morgan fingerprint density at radius 2 is 2.33 bits per heavy atom. The van der Waals surface area contributed by atoms with E-state index >= 15 is 0 Å². The van der Waals surface area contributed by atoms with Crippen molar-refractivity contribution in [3.63, 3.8) is 0 Å². The number of hydrogen-bond acceptors (Lipinski definition) is 3. The fourth-order valence-electron chi connectivity index (χ4n) is 2.44. The van der Waals surface area contributed by atoms with E-state index in [1.165, 1.54) is 32.1 Å². The highest BCUT2D eigenvalue weighted by Crippen LogP contribution is 2.28. The zero-order valence-corrected chi connectivity index (χ0v) is 9.41. The van der Waals surface area contributed by atoms with Gasteiger partial charge in [0.15, 0.2) is 0 Å². The van der Waals surface area contributed by atoms with Crippen molar-refractivity contribution < 1.29 is 4.52 Å². The highest BCUT2D eigenvalue weighted by atomic mass is 16.5. The van der Waals surface area contributed by atoms with Crippen LogP contribution >= 0.6 is 0 Å². The van der Waals surface area contributed by atoms with Gasteiger partial charge in [-0.15, -0.1) is 0 Å². The molecule has 2 rings (SSSR count). The molecule has 1 saturated carbocycles. The molecule has 0 amide bonds. The molecule has 0 aromatic carbocycles. The summed E-state index contributed by atoms with van der Waals surface area (Å²) in [7, 11) is 0. The molecule has 1 aliphatic carbocycles. The first-order valence-corrected chi connectivity index (χ1v) is 5.97. The van der Waals surface area contributed by atoms with Crippen LogP contribution in [0.25, 0.3) is 0 Å². The molecule has 3 heteroatoms. The van der Waals surface area contributed by atoms with Crippen LogP contribution in [-0.4, -0.2) is 11.2 Å². The van der Waals surface area contributed by atoms with E-state index in [2.05, 4.69) is 17.4 Å². The van der Waals surface area contributed by atoms with Gasteiger partial charge in [0, 0.05) is 18.7 Å². The predicted molar refractivity (Wildman–Crippen MR) is 59.4 cm³/mol. The minimum Gasteiger partial charge on any atom is -0.364 e. The van der Waals surface area contributed by atoms with Crippen LogP contribution in [0.5, 0.6) is 0 Å². The van der Waals surface area contributed by atoms with Crippen LogP contribution in [0.1, 0.15) is 44.7 Å². The number of nitrogens with zero attached hydrogens (tertiary/aromatic N) is 1. The van der Waals surface area contributed by atoms with Gasteiger partial charge in [-0.3, -0.25) is 0 Å². The Morgan fingerprint density at radius 3 is 3.00 bits per heavy atom. The summed E-state index contributed by atoms with van der Waals surface area (Å²) in [5.74, 6) is 0.949. The quantitative estimate of drug-likeness (QED) is 0.808. The fraction of sp³-hybridized carbons (Fsp3) is 0.750. The van der Waals surface area contributed by atoms with Gasteiger partial charge >= 0.3 is 0 Å². The third-order valence-corrected chi connectivity index (χ3v) is 3.28. The summed E-state index contributed by atoms with van der Waals surface area (Å²) in [5.41, 5.74) is 0.994. The predicted octanol–water partition coefficient (Wildman–Crippen LogP) is 2.73. The standard InChI is InChI=1S/C12H20N2O/c1-10(8-11-4-2-3-5-11)13-9-12-6-7-15-14-12/h6-7,10-11,13H,2-5,8-9H2,1H3. The average molecular weight is 208 g/mol. The summed E-state index contributed by atoms with van der Waals surface area (Å²) >= 11 is 0. The van der Waals surface area contributed by atoms with Gasteiger partial charge in [-0.1, -0.05) is 30.8 Å². The molecule has 1 aromatic heterocycles. The van der Waals surface area contributed by atoms with E-state index in [4.69, 9.17) is 4.52 Å². The van der Waals surface area contributed by atoms with Crippen molar-refractivity contribution in [2.24, 2.45) is 5.92 Å². The topological polar surface area (TPSA) is 38.1 Å². The van der Waals surface area contributed by atoms with Crippen molar-refractivity contribution >= 4 is 0 Å². The first-order chi connectivity index (χ1) is 7.34. The van der Waals surface area contributed by atoms with Crippen LogP contribution in [0.15, 0.2) is 16.9 Å². The van der Waals surface area contributed by atoms with Gasteiger partial charge in [-0.2, -0.15) is 0 Å². The Hall–Kier alpha value is -0.830. The zero-order chi connectivity index (χ0) is 10.5. The van der Waals surface area contributed by atoms with Gasteiger partial charge in [-0.25, -0.2) is 0 Å². The molecule has 1 aromatic rings. The Bertz CT molecular complexity index is 265. The van der Waals surface area contributed by atoms with Crippen molar-refractivity contribution in [3.05, 3.63) is 18.0 Å². The normalized spacial score (nSPS) is 19.5. The Kier molecular flexibility index (Phi) is 3.78. The molecular weight excluding hydrogens is 188 g/mol. The summed E-state index contributed by atoms with van der Waals surface area (Å²) in [4.78, 5) is 0. The van der Waals surface area contributed by atoms with Crippen molar-refractivity contribution in [2.75, 3.05) is 0 Å². The minimum absolute atomic E-state index is 0.588. The molecular formula is C12H20N2O. The molecule has 0 bridgehead atoms. The van der Waals surface area contributed by atoms with E-state index in [1.807, 2.05) is 6.07 Å². The molecule has 1 aliphatic rings. The van der Waals surface area contributed by atoms with E-state index in [-0.39, 0.29) is 0 Å². The summed E-state index contributed by atoms with van der Waals surface area (Å²) in [5, 5.41) is 7.37. The van der Waals surface area contributed by atoms with Gasteiger partial charge in [0.2, 0.25) is 0 Å². The zero-order valence-electron chi connectivity index (χ0n) is 9.41. The molecule has 1 fully saturated rings. The van der Waals surface area contributed by atoms with Crippen LogP contribution in [0, 0.1) is 5.92 Å². The van der Waals surface area contributed by atoms with Crippen LogP contribution < -0.4 is 5.32 Å². The molecule has 1 atom stereocenters. The number of aromatic nitrogens is 1. The fourth-order valence-corrected chi connectivity index (χ4v) is 2.44. The molecule has 0 aliphatic heterocycles. The Morgan fingerprint density at radius 1 is 1.53 bits per heavy atom. The summed E-state index contributed by atoms with van der Waals surface area (Å²) in [6.45, 7) is 3.09. The smallest absolute Gasteiger partial charge is 0.124 e. The SMILES string of the molecule is CC(CC1CCCC1)NCc1ccon1. The summed E-state index contributed by atoms with van der Waals surface area (Å²) in [6.07, 6.45) is 8.64. The molecule has 0 radical (unpaired) electrons. The number of nitrogens with one attached hydrogen (secondary N) is 1. The molecule has 15 heavy (non-hydrogen) atoms. The van der Waals surface area contributed by atoms with Gasteiger partial charge in [0.25, 0.3) is 0 Å². The lowest BCUT2D eigenvalue weighted by Gasteiger charge is -2.16. The van der Waals surface area contributed by atoms with Crippen molar-refractivity contribution in [1.29, 1.82) is 0 Å². The second kappa shape index (κ2) is 5.31. The molecule has 0 spiro atoms. The van der Waals surface area contributed by atoms with Crippen LogP contribution in [0.2, 0.25) is 0 Å². The monoisotopic (exact) mass is 208 g/mol. The lowest BCUT2D eigenvalue weighted by atomic mass is 9.99. The highest BCUT2D eigenvalue weighted by molar-refractivity contribution is 4.94. The van der Waals surface area contributed by atoms with E-state index < -0.39 is 0 Å². The molecule has 1 N–H and O–H groups in total. The molecule has 1 heterocycles. The van der Waals surface area contributed by atoms with Gasteiger partial charge in [0.1, 0.15) is 6.26 Å².